The van der Waals surface area contributed by atoms with E-state index in [1.165, 1.54) is 18.2 Å². The van der Waals surface area contributed by atoms with E-state index < -0.39 is 11.6 Å². The largest absolute Gasteiger partial charge is 0.490 e. The fourth-order valence-electron chi connectivity index (χ4n) is 1.42. The Morgan fingerprint density at radius 1 is 1.11 bits per heavy atom. The van der Waals surface area contributed by atoms with Crippen LogP contribution in [0.2, 0.25) is 0 Å². The Labute approximate surface area is 106 Å². The Balaban J connectivity index is 2.65. The topological polar surface area (TPSA) is 18.5 Å². The second-order valence-electron chi connectivity index (χ2n) is 3.85. The minimum absolute atomic E-state index is 0.0745. The second-order valence-corrected chi connectivity index (χ2v) is 3.85. The van der Waals surface area contributed by atoms with Crippen molar-refractivity contribution in [1.82, 2.24) is 0 Å². The summed E-state index contributed by atoms with van der Waals surface area (Å²) in [5, 5.41) is 0. The van der Waals surface area contributed by atoms with Crippen LogP contribution in [0.4, 0.5) is 8.78 Å². The zero-order valence-corrected chi connectivity index (χ0v) is 10.5. The van der Waals surface area contributed by atoms with Crippen LogP contribution in [-0.4, -0.2) is 13.2 Å². The third kappa shape index (κ3) is 4.02. The Morgan fingerprint density at radius 3 is 2.28 bits per heavy atom. The van der Waals surface area contributed by atoms with Crippen LogP contribution >= 0.6 is 0 Å². The molecular weight excluding hydrogens is 238 g/mol. The van der Waals surface area contributed by atoms with E-state index in [1.807, 2.05) is 0 Å². The quantitative estimate of drug-likeness (QED) is 0.515. The fourth-order valence-corrected chi connectivity index (χ4v) is 1.42. The minimum Gasteiger partial charge on any atom is -0.490 e. The van der Waals surface area contributed by atoms with Gasteiger partial charge in [0.25, 0.3) is 0 Å². The molecule has 0 aromatic heterocycles. The summed E-state index contributed by atoms with van der Waals surface area (Å²) in [5.41, 5.74) is 0. The number of ether oxygens (including phenoxy) is 2. The van der Waals surface area contributed by atoms with Crippen LogP contribution in [0.25, 0.3) is 0 Å². The summed E-state index contributed by atoms with van der Waals surface area (Å²) < 4.78 is 37.3. The van der Waals surface area contributed by atoms with Gasteiger partial charge in [-0.15, -0.1) is 0 Å². The predicted octanol–water partition coefficient (Wildman–Crippen LogP) is 4.10. The number of hydrogen-bond donors (Lipinski definition) is 0. The Bertz CT molecular complexity index is 392. The molecule has 4 heteroatoms. The monoisotopic (exact) mass is 256 g/mol. The first-order valence-corrected chi connectivity index (χ1v) is 6.05. The van der Waals surface area contributed by atoms with Crippen molar-refractivity contribution >= 4 is 0 Å². The van der Waals surface area contributed by atoms with Crippen molar-refractivity contribution in [3.05, 3.63) is 36.4 Å². The molecule has 0 saturated heterocycles. The highest BCUT2D eigenvalue weighted by Gasteiger charge is 2.15. The summed E-state index contributed by atoms with van der Waals surface area (Å²) in [6.07, 6.45) is 4.35. The van der Waals surface area contributed by atoms with Crippen molar-refractivity contribution in [3.8, 4) is 11.5 Å². The van der Waals surface area contributed by atoms with Crippen LogP contribution in [0.1, 0.15) is 26.2 Å². The van der Waals surface area contributed by atoms with Crippen LogP contribution in [0.5, 0.6) is 11.5 Å². The van der Waals surface area contributed by atoms with Gasteiger partial charge < -0.3 is 9.47 Å². The summed E-state index contributed by atoms with van der Waals surface area (Å²) in [5.74, 6) is -2.24. The summed E-state index contributed by atoms with van der Waals surface area (Å²) in [6, 6.07) is 2.74. The van der Waals surface area contributed by atoms with Gasteiger partial charge in [-0.2, -0.15) is 8.78 Å². The molecule has 0 heterocycles. The van der Waals surface area contributed by atoms with Crippen LogP contribution < -0.4 is 9.47 Å². The van der Waals surface area contributed by atoms with Gasteiger partial charge in [0.1, 0.15) is 6.61 Å². The lowest BCUT2D eigenvalue weighted by Crippen LogP contribution is -2.03. The van der Waals surface area contributed by atoms with Gasteiger partial charge in [0.05, 0.1) is 6.61 Å². The third-order valence-electron chi connectivity index (χ3n) is 2.37. The molecule has 0 unspecified atom stereocenters. The molecule has 1 aromatic carbocycles. The molecule has 0 radical (unpaired) electrons. The van der Waals surface area contributed by atoms with Crippen molar-refractivity contribution < 1.29 is 18.3 Å². The minimum atomic E-state index is -1.02. The molecule has 0 aliphatic carbocycles. The number of rotatable bonds is 8. The van der Waals surface area contributed by atoms with Gasteiger partial charge >= 0.3 is 0 Å². The van der Waals surface area contributed by atoms with Gasteiger partial charge in [0.2, 0.25) is 11.6 Å². The van der Waals surface area contributed by atoms with Crippen molar-refractivity contribution in [3.63, 3.8) is 0 Å². The van der Waals surface area contributed by atoms with Crippen LogP contribution in [0.3, 0.4) is 0 Å². The maximum atomic E-state index is 13.6. The van der Waals surface area contributed by atoms with Crippen LogP contribution in [0, 0.1) is 11.6 Å². The van der Waals surface area contributed by atoms with Gasteiger partial charge in [-0.3, -0.25) is 0 Å². The summed E-state index contributed by atoms with van der Waals surface area (Å²) >= 11 is 0. The lowest BCUT2D eigenvalue weighted by molar-refractivity contribution is 0.279. The molecule has 0 N–H and O–H groups in total. The number of halogens is 2. The molecule has 100 valence electrons. The summed E-state index contributed by atoms with van der Waals surface area (Å²) in [7, 11) is 0. The van der Waals surface area contributed by atoms with Gasteiger partial charge in [-0.1, -0.05) is 32.4 Å². The molecule has 18 heavy (non-hydrogen) atoms. The van der Waals surface area contributed by atoms with E-state index in [2.05, 4.69) is 13.5 Å². The van der Waals surface area contributed by atoms with Crippen molar-refractivity contribution in [2.45, 2.75) is 26.2 Å². The standard InChI is InChI=1S/C14H18F2O2/c1-3-5-6-10-18-12-8-7-11(17-9-4-2)13(15)14(12)16/h4,7-8H,2-3,5-6,9-10H2,1H3. The van der Waals surface area contributed by atoms with Gasteiger partial charge in [0, 0.05) is 0 Å². The maximum Gasteiger partial charge on any atom is 0.204 e. The first-order valence-electron chi connectivity index (χ1n) is 6.05. The van der Waals surface area contributed by atoms with E-state index >= 15 is 0 Å². The predicted molar refractivity (Wildman–Crippen MR) is 67.1 cm³/mol. The Morgan fingerprint density at radius 2 is 1.72 bits per heavy atom. The molecular formula is C14H18F2O2. The van der Waals surface area contributed by atoms with Gasteiger partial charge in [-0.05, 0) is 18.6 Å². The first kappa shape index (κ1) is 14.5. The molecule has 0 bridgehead atoms. The van der Waals surface area contributed by atoms with Crippen LogP contribution in [-0.2, 0) is 0 Å². The molecule has 0 aliphatic rings. The normalized spacial score (nSPS) is 10.2. The van der Waals surface area contributed by atoms with E-state index in [9.17, 15) is 8.78 Å². The summed E-state index contributed by atoms with van der Waals surface area (Å²) in [4.78, 5) is 0. The summed E-state index contributed by atoms with van der Waals surface area (Å²) in [6.45, 7) is 6.02. The third-order valence-corrected chi connectivity index (χ3v) is 2.37. The fraction of sp³-hybridized carbons (Fsp3) is 0.429. The molecule has 2 nitrogen and oxygen atoms in total. The first-order chi connectivity index (χ1) is 8.70. The van der Waals surface area contributed by atoms with E-state index in [1.54, 1.807) is 0 Å². The van der Waals surface area contributed by atoms with Gasteiger partial charge in [-0.25, -0.2) is 0 Å². The van der Waals surface area contributed by atoms with E-state index in [0.717, 1.165) is 19.3 Å². The zero-order valence-electron chi connectivity index (χ0n) is 10.5. The van der Waals surface area contributed by atoms with E-state index in [4.69, 9.17) is 9.47 Å². The van der Waals surface area contributed by atoms with Crippen molar-refractivity contribution in [2.75, 3.05) is 13.2 Å². The lowest BCUT2D eigenvalue weighted by Gasteiger charge is -2.10. The average molecular weight is 256 g/mol. The maximum absolute atomic E-state index is 13.6. The Kier molecular flexibility index (Phi) is 6.19. The zero-order chi connectivity index (χ0) is 13.4. The Hall–Kier alpha value is -1.58. The molecule has 0 atom stereocenters. The van der Waals surface area contributed by atoms with Crippen molar-refractivity contribution in [2.24, 2.45) is 0 Å². The average Bonchev–Trinajstić information content (AvgIpc) is 2.38. The molecule has 1 rings (SSSR count). The second kappa shape index (κ2) is 7.69. The van der Waals surface area contributed by atoms with E-state index in [0.29, 0.717) is 6.61 Å². The molecule has 0 aliphatic heterocycles. The molecule has 0 fully saturated rings. The molecule has 0 spiro atoms. The van der Waals surface area contributed by atoms with Gasteiger partial charge in [0.15, 0.2) is 11.5 Å². The molecule has 0 amide bonds. The molecule has 1 aromatic rings. The lowest BCUT2D eigenvalue weighted by atomic mass is 10.2. The SMILES string of the molecule is C=CCOc1ccc(OCCCCC)c(F)c1F. The highest BCUT2D eigenvalue weighted by molar-refractivity contribution is 5.35. The number of benzene rings is 1. The van der Waals surface area contributed by atoms with Crippen molar-refractivity contribution in [1.29, 1.82) is 0 Å². The smallest absolute Gasteiger partial charge is 0.204 e. The van der Waals surface area contributed by atoms with E-state index in [-0.39, 0.29) is 18.1 Å². The van der Waals surface area contributed by atoms with Crippen LogP contribution in [0.15, 0.2) is 24.8 Å². The number of unbranched alkanes of at least 4 members (excludes halogenated alkanes) is 2. The molecule has 0 saturated carbocycles. The number of hydrogen-bond acceptors (Lipinski definition) is 2. The highest BCUT2D eigenvalue weighted by Crippen LogP contribution is 2.27. The highest BCUT2D eigenvalue weighted by atomic mass is 19.2.